The largest absolute Gasteiger partial charge is 0.448 e. The molecule has 1 saturated heterocycles. The summed E-state index contributed by atoms with van der Waals surface area (Å²) in [7, 11) is 0. The van der Waals surface area contributed by atoms with Crippen LogP contribution in [0.25, 0.3) is 33.5 Å². The van der Waals surface area contributed by atoms with Crippen molar-refractivity contribution in [3.63, 3.8) is 0 Å². The summed E-state index contributed by atoms with van der Waals surface area (Å²) in [5, 5.41) is 1.47. The van der Waals surface area contributed by atoms with Crippen LogP contribution in [0.15, 0.2) is 67.3 Å². The number of fused-ring (bicyclic) bond motifs is 3. The lowest BCUT2D eigenvalue weighted by Crippen LogP contribution is -2.28. The van der Waals surface area contributed by atoms with E-state index in [1.54, 1.807) is 4.57 Å². The molecule has 1 unspecified atom stereocenters. The SMILES string of the molecule is Cc1ccc(-c2nc(CSc3nc4c(oc5ccccc54)c(=O)n3CC3CCCO3)c(C)o2)cc1. The predicted octanol–water partition coefficient (Wildman–Crippen LogP) is 5.89. The summed E-state index contributed by atoms with van der Waals surface area (Å²) in [4.78, 5) is 23.2. The molecule has 5 aromatic rings. The van der Waals surface area contributed by atoms with Crippen LogP contribution in [0.5, 0.6) is 0 Å². The van der Waals surface area contributed by atoms with Gasteiger partial charge < -0.3 is 13.6 Å². The number of oxazole rings is 1. The van der Waals surface area contributed by atoms with Crippen molar-refractivity contribution in [2.24, 2.45) is 0 Å². The Labute approximate surface area is 206 Å². The first-order valence-corrected chi connectivity index (χ1v) is 12.8. The molecule has 1 fully saturated rings. The summed E-state index contributed by atoms with van der Waals surface area (Å²) < 4.78 is 19.4. The van der Waals surface area contributed by atoms with Gasteiger partial charge in [-0.25, -0.2) is 9.97 Å². The molecule has 0 aliphatic carbocycles. The highest BCUT2D eigenvalue weighted by Crippen LogP contribution is 2.31. The number of aryl methyl sites for hydroxylation is 2. The van der Waals surface area contributed by atoms with Gasteiger partial charge in [0.1, 0.15) is 16.9 Å². The van der Waals surface area contributed by atoms with Crippen molar-refractivity contribution in [2.75, 3.05) is 6.61 Å². The normalized spacial score (nSPS) is 16.0. The molecular weight excluding hydrogens is 462 g/mol. The average molecular weight is 488 g/mol. The maximum atomic E-state index is 13.5. The lowest BCUT2D eigenvalue weighted by Gasteiger charge is -2.15. The molecule has 0 bridgehead atoms. The molecule has 8 heteroatoms. The third kappa shape index (κ3) is 4.17. The van der Waals surface area contributed by atoms with E-state index in [0.29, 0.717) is 34.4 Å². The summed E-state index contributed by atoms with van der Waals surface area (Å²) in [6.45, 7) is 5.14. The van der Waals surface area contributed by atoms with E-state index < -0.39 is 0 Å². The number of para-hydroxylation sites is 1. The second-order valence-electron chi connectivity index (χ2n) is 8.90. The number of ether oxygens (including phenoxy) is 1. The van der Waals surface area contributed by atoms with E-state index in [2.05, 4.69) is 6.92 Å². The monoisotopic (exact) mass is 487 g/mol. The number of hydrogen-bond acceptors (Lipinski definition) is 7. The Hall–Kier alpha value is -3.36. The number of benzene rings is 2. The molecule has 1 atom stereocenters. The van der Waals surface area contributed by atoms with Crippen molar-refractivity contribution in [3.8, 4) is 11.5 Å². The van der Waals surface area contributed by atoms with Crippen LogP contribution in [0.1, 0.15) is 29.9 Å². The van der Waals surface area contributed by atoms with Crippen LogP contribution in [0.4, 0.5) is 0 Å². The van der Waals surface area contributed by atoms with Crippen LogP contribution in [-0.2, 0) is 17.0 Å². The Bertz CT molecular complexity index is 1580. The molecule has 178 valence electrons. The third-order valence-corrected chi connectivity index (χ3v) is 7.37. The second kappa shape index (κ2) is 9.02. The highest BCUT2D eigenvalue weighted by Gasteiger charge is 2.23. The first-order chi connectivity index (χ1) is 17.1. The van der Waals surface area contributed by atoms with Crippen molar-refractivity contribution < 1.29 is 13.6 Å². The third-order valence-electron chi connectivity index (χ3n) is 6.39. The van der Waals surface area contributed by atoms with Gasteiger partial charge in [-0.2, -0.15) is 0 Å². The van der Waals surface area contributed by atoms with E-state index in [1.807, 2.05) is 55.5 Å². The number of thioether (sulfide) groups is 1. The molecule has 1 aliphatic rings. The molecule has 4 heterocycles. The van der Waals surface area contributed by atoms with Crippen LogP contribution in [0.3, 0.4) is 0 Å². The molecule has 7 nitrogen and oxygen atoms in total. The molecule has 0 saturated carbocycles. The van der Waals surface area contributed by atoms with Crippen LogP contribution in [0, 0.1) is 13.8 Å². The van der Waals surface area contributed by atoms with Gasteiger partial charge in [-0.05, 0) is 51.0 Å². The fraction of sp³-hybridized carbons (Fsp3) is 0.296. The van der Waals surface area contributed by atoms with Crippen molar-refractivity contribution in [3.05, 3.63) is 75.9 Å². The molecule has 0 spiro atoms. The molecule has 2 aromatic carbocycles. The molecule has 0 amide bonds. The number of nitrogens with zero attached hydrogens (tertiary/aromatic N) is 3. The minimum absolute atomic E-state index is 0.00222. The fourth-order valence-corrected chi connectivity index (χ4v) is 5.43. The van der Waals surface area contributed by atoms with Gasteiger partial charge in [-0.15, -0.1) is 0 Å². The minimum atomic E-state index is -0.179. The number of hydrogen-bond donors (Lipinski definition) is 0. The second-order valence-corrected chi connectivity index (χ2v) is 9.84. The Morgan fingerprint density at radius 1 is 1.06 bits per heavy atom. The maximum Gasteiger partial charge on any atom is 0.297 e. The first-order valence-electron chi connectivity index (χ1n) is 11.8. The summed E-state index contributed by atoms with van der Waals surface area (Å²) in [6.07, 6.45) is 1.93. The smallest absolute Gasteiger partial charge is 0.297 e. The zero-order chi connectivity index (χ0) is 23.9. The van der Waals surface area contributed by atoms with Gasteiger partial charge in [0.05, 0.1) is 18.3 Å². The van der Waals surface area contributed by atoms with Gasteiger partial charge in [0.25, 0.3) is 5.56 Å². The Morgan fingerprint density at radius 2 is 1.89 bits per heavy atom. The minimum Gasteiger partial charge on any atom is -0.448 e. The standard InChI is InChI=1S/C27H25N3O4S/c1-16-9-11-18(12-10-16)25-28-21(17(2)33-25)15-35-27-29-23-20-7-3-4-8-22(20)34-24(23)26(31)30(27)14-19-6-5-13-32-19/h3-4,7-12,19H,5-6,13-15H2,1-2H3. The zero-order valence-electron chi connectivity index (χ0n) is 19.6. The van der Waals surface area contributed by atoms with Crippen LogP contribution in [0.2, 0.25) is 0 Å². The fourth-order valence-electron chi connectivity index (χ4n) is 4.43. The summed E-state index contributed by atoms with van der Waals surface area (Å²) in [5.41, 5.74) is 4.32. The zero-order valence-corrected chi connectivity index (χ0v) is 20.4. The van der Waals surface area contributed by atoms with Crippen LogP contribution in [-0.4, -0.2) is 27.2 Å². The van der Waals surface area contributed by atoms with E-state index in [4.69, 9.17) is 23.5 Å². The van der Waals surface area contributed by atoms with Crippen molar-refractivity contribution >= 4 is 33.8 Å². The number of aromatic nitrogens is 3. The maximum absolute atomic E-state index is 13.5. The highest BCUT2D eigenvalue weighted by molar-refractivity contribution is 7.98. The topological polar surface area (TPSA) is 83.3 Å². The summed E-state index contributed by atoms with van der Waals surface area (Å²) >= 11 is 1.48. The van der Waals surface area contributed by atoms with Crippen LogP contribution >= 0.6 is 11.8 Å². The average Bonchev–Trinajstić information content (AvgIpc) is 3.59. The van der Waals surface area contributed by atoms with E-state index in [9.17, 15) is 4.79 Å². The molecule has 1 aliphatic heterocycles. The lowest BCUT2D eigenvalue weighted by molar-refractivity contribution is 0.0937. The van der Waals surface area contributed by atoms with Gasteiger partial charge in [0.15, 0.2) is 5.16 Å². The van der Waals surface area contributed by atoms with Crippen molar-refractivity contribution in [1.82, 2.24) is 14.5 Å². The van der Waals surface area contributed by atoms with Crippen molar-refractivity contribution in [2.45, 2.75) is 50.2 Å². The van der Waals surface area contributed by atoms with E-state index in [0.717, 1.165) is 41.9 Å². The Morgan fingerprint density at radius 3 is 2.69 bits per heavy atom. The summed E-state index contributed by atoms with van der Waals surface area (Å²) in [6, 6.07) is 15.7. The Kier molecular flexibility index (Phi) is 5.70. The quantitative estimate of drug-likeness (QED) is 0.218. The summed E-state index contributed by atoms with van der Waals surface area (Å²) in [5.74, 6) is 1.88. The number of furan rings is 1. The van der Waals surface area contributed by atoms with Gasteiger partial charge in [-0.3, -0.25) is 9.36 Å². The first kappa shape index (κ1) is 22.1. The highest BCUT2D eigenvalue weighted by atomic mass is 32.2. The Balaban J connectivity index is 1.37. The van der Waals surface area contributed by atoms with E-state index in [1.165, 1.54) is 17.3 Å². The van der Waals surface area contributed by atoms with Gasteiger partial charge in [-0.1, -0.05) is 41.6 Å². The van der Waals surface area contributed by atoms with E-state index >= 15 is 0 Å². The predicted molar refractivity (Wildman–Crippen MR) is 136 cm³/mol. The molecule has 6 rings (SSSR count). The van der Waals surface area contributed by atoms with Gasteiger partial charge >= 0.3 is 0 Å². The van der Waals surface area contributed by atoms with Crippen LogP contribution < -0.4 is 5.56 Å². The van der Waals surface area contributed by atoms with Gasteiger partial charge in [0.2, 0.25) is 11.5 Å². The molecule has 0 N–H and O–H groups in total. The van der Waals surface area contributed by atoms with E-state index in [-0.39, 0.29) is 17.2 Å². The molecule has 35 heavy (non-hydrogen) atoms. The molecule has 0 radical (unpaired) electrons. The van der Waals surface area contributed by atoms with Gasteiger partial charge in [0, 0.05) is 23.3 Å². The number of rotatable bonds is 6. The van der Waals surface area contributed by atoms with Crippen molar-refractivity contribution in [1.29, 1.82) is 0 Å². The molecular formula is C27H25N3O4S. The lowest BCUT2D eigenvalue weighted by atomic mass is 10.1. The molecule has 3 aromatic heterocycles.